The zero-order valence-corrected chi connectivity index (χ0v) is 11.2. The van der Waals surface area contributed by atoms with Crippen molar-refractivity contribution in [3.63, 3.8) is 0 Å². The number of amides is 1. The molecule has 0 aliphatic carbocycles. The van der Waals surface area contributed by atoms with Crippen LogP contribution >= 0.6 is 15.9 Å². The van der Waals surface area contributed by atoms with Crippen LogP contribution in [0.15, 0.2) is 45.7 Å². The van der Waals surface area contributed by atoms with Gasteiger partial charge in [-0.25, -0.2) is 4.39 Å². The second-order valence-electron chi connectivity index (χ2n) is 3.86. The summed E-state index contributed by atoms with van der Waals surface area (Å²) >= 11 is 3.14. The SMILES string of the molecule is CC(NC(=O)c1ccoc1Br)c1cccc(F)c1. The van der Waals surface area contributed by atoms with E-state index in [0.29, 0.717) is 15.8 Å². The Morgan fingerprint density at radius 3 is 2.83 bits per heavy atom. The first-order valence-corrected chi connectivity index (χ1v) is 6.16. The molecule has 0 bridgehead atoms. The molecule has 0 aliphatic rings. The second kappa shape index (κ2) is 5.35. The van der Waals surface area contributed by atoms with Crippen LogP contribution in [-0.4, -0.2) is 5.91 Å². The number of rotatable bonds is 3. The molecule has 0 radical (unpaired) electrons. The normalized spacial score (nSPS) is 12.2. The van der Waals surface area contributed by atoms with Gasteiger partial charge in [0.2, 0.25) is 0 Å². The van der Waals surface area contributed by atoms with Gasteiger partial charge in [0.05, 0.1) is 17.9 Å². The maximum absolute atomic E-state index is 13.1. The van der Waals surface area contributed by atoms with E-state index in [2.05, 4.69) is 21.2 Å². The van der Waals surface area contributed by atoms with Crippen molar-refractivity contribution in [2.45, 2.75) is 13.0 Å². The first-order valence-electron chi connectivity index (χ1n) is 5.37. The Morgan fingerprint density at radius 2 is 2.22 bits per heavy atom. The van der Waals surface area contributed by atoms with Crippen LogP contribution in [0.5, 0.6) is 0 Å². The Hall–Kier alpha value is -1.62. The average Bonchev–Trinajstić information content (AvgIpc) is 2.75. The monoisotopic (exact) mass is 311 g/mol. The Labute approximate surface area is 112 Å². The summed E-state index contributed by atoms with van der Waals surface area (Å²) in [5.74, 6) is -0.592. The molecule has 94 valence electrons. The van der Waals surface area contributed by atoms with Crippen LogP contribution < -0.4 is 5.32 Å². The molecule has 2 aromatic rings. The molecule has 1 amide bonds. The summed E-state index contributed by atoms with van der Waals surface area (Å²) in [5, 5.41) is 2.77. The largest absolute Gasteiger partial charge is 0.457 e. The Kier molecular flexibility index (Phi) is 3.81. The summed E-state index contributed by atoms with van der Waals surface area (Å²) in [6, 6.07) is 7.42. The minimum absolute atomic E-state index is 0.271. The maximum Gasteiger partial charge on any atom is 0.256 e. The van der Waals surface area contributed by atoms with Crippen LogP contribution in [0.1, 0.15) is 28.9 Å². The van der Waals surface area contributed by atoms with Crippen molar-refractivity contribution in [1.82, 2.24) is 5.32 Å². The van der Waals surface area contributed by atoms with Crippen LogP contribution in [-0.2, 0) is 0 Å². The topological polar surface area (TPSA) is 42.2 Å². The van der Waals surface area contributed by atoms with E-state index in [0.717, 1.165) is 0 Å². The maximum atomic E-state index is 13.1. The summed E-state index contributed by atoms with van der Waals surface area (Å²) in [6.07, 6.45) is 1.42. The number of halogens is 2. The molecule has 1 aromatic heterocycles. The lowest BCUT2D eigenvalue weighted by Crippen LogP contribution is -2.26. The standard InChI is InChI=1S/C13H11BrFNO2/c1-8(9-3-2-4-10(15)7-9)16-13(17)11-5-6-18-12(11)14/h2-8H,1H3,(H,16,17). The fourth-order valence-corrected chi connectivity index (χ4v) is 2.01. The molecule has 1 N–H and O–H groups in total. The third-order valence-electron chi connectivity index (χ3n) is 2.56. The molecule has 5 heteroatoms. The number of hydrogen-bond acceptors (Lipinski definition) is 2. The summed E-state index contributed by atoms with van der Waals surface area (Å²) < 4.78 is 18.4. The summed E-state index contributed by atoms with van der Waals surface area (Å²) in [7, 11) is 0. The van der Waals surface area contributed by atoms with Gasteiger partial charge in [-0.3, -0.25) is 4.79 Å². The molecule has 1 aromatic carbocycles. The Balaban J connectivity index is 2.10. The van der Waals surface area contributed by atoms with Gasteiger partial charge in [0.25, 0.3) is 5.91 Å². The zero-order chi connectivity index (χ0) is 13.1. The van der Waals surface area contributed by atoms with Gasteiger partial charge in [-0.05, 0) is 46.6 Å². The minimum atomic E-state index is -0.321. The molecule has 0 saturated carbocycles. The number of nitrogens with one attached hydrogen (secondary N) is 1. The fourth-order valence-electron chi connectivity index (χ4n) is 1.59. The molecular weight excluding hydrogens is 301 g/mol. The highest BCUT2D eigenvalue weighted by molar-refractivity contribution is 9.10. The third-order valence-corrected chi connectivity index (χ3v) is 3.17. The van der Waals surface area contributed by atoms with E-state index < -0.39 is 0 Å². The molecule has 0 spiro atoms. The number of benzene rings is 1. The Bertz CT molecular complexity index is 568. The van der Waals surface area contributed by atoms with Crippen LogP contribution in [0.4, 0.5) is 4.39 Å². The molecule has 2 rings (SSSR count). The third kappa shape index (κ3) is 2.79. The van der Waals surface area contributed by atoms with Crippen molar-refractivity contribution in [2.75, 3.05) is 0 Å². The van der Waals surface area contributed by atoms with E-state index in [1.54, 1.807) is 25.1 Å². The van der Waals surface area contributed by atoms with Crippen LogP contribution in [0, 0.1) is 5.82 Å². The van der Waals surface area contributed by atoms with Gasteiger partial charge in [0, 0.05) is 0 Å². The lowest BCUT2D eigenvalue weighted by atomic mass is 10.1. The van der Waals surface area contributed by atoms with Gasteiger partial charge in [-0.1, -0.05) is 12.1 Å². The number of hydrogen-bond donors (Lipinski definition) is 1. The zero-order valence-electron chi connectivity index (χ0n) is 9.61. The first kappa shape index (κ1) is 12.8. The summed E-state index contributed by atoms with van der Waals surface area (Å²) in [5.41, 5.74) is 1.13. The highest BCUT2D eigenvalue weighted by atomic mass is 79.9. The van der Waals surface area contributed by atoms with Gasteiger partial charge in [-0.15, -0.1) is 0 Å². The number of furan rings is 1. The van der Waals surface area contributed by atoms with Gasteiger partial charge in [-0.2, -0.15) is 0 Å². The van der Waals surface area contributed by atoms with Gasteiger partial charge < -0.3 is 9.73 Å². The van der Waals surface area contributed by atoms with E-state index in [9.17, 15) is 9.18 Å². The Morgan fingerprint density at radius 1 is 1.44 bits per heavy atom. The fraction of sp³-hybridized carbons (Fsp3) is 0.154. The molecule has 0 saturated heterocycles. The number of carbonyl (C=O) groups is 1. The first-order chi connectivity index (χ1) is 8.58. The highest BCUT2D eigenvalue weighted by Gasteiger charge is 2.15. The van der Waals surface area contributed by atoms with E-state index in [1.165, 1.54) is 18.4 Å². The van der Waals surface area contributed by atoms with E-state index in [4.69, 9.17) is 4.42 Å². The smallest absolute Gasteiger partial charge is 0.256 e. The predicted octanol–water partition coefficient (Wildman–Crippen LogP) is 3.67. The molecule has 18 heavy (non-hydrogen) atoms. The lowest BCUT2D eigenvalue weighted by Gasteiger charge is -2.13. The number of carbonyl (C=O) groups excluding carboxylic acids is 1. The lowest BCUT2D eigenvalue weighted by molar-refractivity contribution is 0.0938. The average molecular weight is 312 g/mol. The predicted molar refractivity (Wildman–Crippen MR) is 68.7 cm³/mol. The van der Waals surface area contributed by atoms with Crippen molar-refractivity contribution in [1.29, 1.82) is 0 Å². The summed E-state index contributed by atoms with van der Waals surface area (Å²) in [4.78, 5) is 11.9. The minimum Gasteiger partial charge on any atom is -0.457 e. The van der Waals surface area contributed by atoms with Crippen molar-refractivity contribution in [3.8, 4) is 0 Å². The highest BCUT2D eigenvalue weighted by Crippen LogP contribution is 2.19. The van der Waals surface area contributed by atoms with Gasteiger partial charge >= 0.3 is 0 Å². The van der Waals surface area contributed by atoms with Crippen molar-refractivity contribution in [2.24, 2.45) is 0 Å². The molecule has 1 unspecified atom stereocenters. The van der Waals surface area contributed by atoms with E-state index >= 15 is 0 Å². The quantitative estimate of drug-likeness (QED) is 0.939. The van der Waals surface area contributed by atoms with E-state index in [-0.39, 0.29) is 17.8 Å². The van der Waals surface area contributed by atoms with E-state index in [1.807, 2.05) is 0 Å². The van der Waals surface area contributed by atoms with Crippen LogP contribution in [0.25, 0.3) is 0 Å². The molecule has 1 atom stereocenters. The van der Waals surface area contributed by atoms with Crippen molar-refractivity contribution < 1.29 is 13.6 Å². The molecular formula is C13H11BrFNO2. The molecule has 1 heterocycles. The molecule has 0 aliphatic heterocycles. The summed E-state index contributed by atoms with van der Waals surface area (Å²) in [6.45, 7) is 1.79. The van der Waals surface area contributed by atoms with Gasteiger partial charge in [0.15, 0.2) is 4.67 Å². The van der Waals surface area contributed by atoms with Crippen molar-refractivity contribution in [3.05, 3.63) is 58.2 Å². The molecule has 0 fully saturated rings. The molecule has 3 nitrogen and oxygen atoms in total. The van der Waals surface area contributed by atoms with Gasteiger partial charge in [0.1, 0.15) is 5.82 Å². The second-order valence-corrected chi connectivity index (χ2v) is 4.58. The van der Waals surface area contributed by atoms with Crippen molar-refractivity contribution >= 4 is 21.8 Å². The van der Waals surface area contributed by atoms with Crippen LogP contribution in [0.3, 0.4) is 0 Å². The van der Waals surface area contributed by atoms with Crippen LogP contribution in [0.2, 0.25) is 0 Å².